The van der Waals surface area contributed by atoms with E-state index in [0.29, 0.717) is 6.54 Å². The number of hydrogen-bond acceptors (Lipinski definition) is 4. The van der Waals surface area contributed by atoms with Gasteiger partial charge in [-0.25, -0.2) is 0 Å². The van der Waals surface area contributed by atoms with Gasteiger partial charge >= 0.3 is 29.6 Å². The van der Waals surface area contributed by atoms with E-state index in [1.165, 1.54) is 44.9 Å². The Kier molecular flexibility index (Phi) is 30.2. The van der Waals surface area contributed by atoms with Crippen molar-refractivity contribution in [2.45, 2.75) is 71.1 Å². The van der Waals surface area contributed by atoms with Crippen molar-refractivity contribution in [1.29, 1.82) is 0 Å². The van der Waals surface area contributed by atoms with Gasteiger partial charge in [0.15, 0.2) is 0 Å². The summed E-state index contributed by atoms with van der Waals surface area (Å²) in [4.78, 5) is 10.1. The number of carboxylic acid groups (broad SMARTS) is 1. The molecular weight excluding hydrogens is 253 g/mol. The zero-order valence-electron chi connectivity index (χ0n) is 12.8. The third-order valence-corrected chi connectivity index (χ3v) is 2.61. The first-order valence-corrected chi connectivity index (χ1v) is 7.19. The van der Waals surface area contributed by atoms with Gasteiger partial charge in [0.1, 0.15) is 0 Å². The average Bonchev–Trinajstić information content (AvgIpc) is 2.37. The van der Waals surface area contributed by atoms with Gasteiger partial charge in [0, 0.05) is 12.5 Å². The zero-order valence-corrected chi connectivity index (χ0v) is 14.8. The van der Waals surface area contributed by atoms with Crippen molar-refractivity contribution >= 4 is 5.97 Å². The molecule has 0 fully saturated rings. The van der Waals surface area contributed by atoms with Gasteiger partial charge in [-0.15, -0.1) is 0 Å². The molecule has 0 radical (unpaired) electrons. The molecule has 0 aliphatic carbocycles. The fourth-order valence-corrected chi connectivity index (χ4v) is 1.58. The minimum absolute atomic E-state index is 0. The van der Waals surface area contributed by atoms with E-state index in [1.807, 2.05) is 0 Å². The molecular formula is C14H30NNaO3. The van der Waals surface area contributed by atoms with Gasteiger partial charge in [0.25, 0.3) is 0 Å². The van der Waals surface area contributed by atoms with Crippen LogP contribution < -0.4 is 40.4 Å². The number of aliphatic hydroxyl groups excluding tert-OH is 1. The molecule has 0 aromatic carbocycles. The van der Waals surface area contributed by atoms with Gasteiger partial charge in [-0.1, -0.05) is 58.3 Å². The smallest absolute Gasteiger partial charge is 0.550 e. The molecule has 19 heavy (non-hydrogen) atoms. The Hall–Kier alpha value is 0.390. The maximum absolute atomic E-state index is 10.1. The molecule has 0 aromatic rings. The second-order valence-corrected chi connectivity index (χ2v) is 4.46. The molecule has 110 valence electrons. The molecule has 0 atom stereocenters. The Labute approximate surface area is 140 Å². The number of hydrogen-bond donors (Lipinski definition) is 2. The van der Waals surface area contributed by atoms with E-state index in [4.69, 9.17) is 10.8 Å². The average molecular weight is 283 g/mol. The second-order valence-electron chi connectivity index (χ2n) is 4.46. The number of unbranched alkanes of at least 4 members (excludes halogenated alkanes) is 8. The standard InChI is InChI=1S/C12H24O2.C2H7NO.Na/c1-2-3-4-5-6-7-8-9-10-11-12(13)14;3-1-2-4;/h2-11H2,1H3,(H,13,14);4H,1-3H2;/q;;+1/p-1. The molecule has 0 rings (SSSR count). The van der Waals surface area contributed by atoms with Gasteiger partial charge in [-0.05, 0) is 12.8 Å². The van der Waals surface area contributed by atoms with Crippen LogP contribution in [-0.2, 0) is 4.79 Å². The van der Waals surface area contributed by atoms with Crippen LogP contribution in [0.5, 0.6) is 0 Å². The molecule has 0 amide bonds. The number of aliphatic hydroxyl groups is 1. The minimum atomic E-state index is -0.909. The van der Waals surface area contributed by atoms with Crippen LogP contribution in [0.25, 0.3) is 0 Å². The molecule has 3 N–H and O–H groups in total. The van der Waals surface area contributed by atoms with Gasteiger partial charge in [-0.3, -0.25) is 0 Å². The number of carbonyl (C=O) groups is 1. The van der Waals surface area contributed by atoms with Crippen molar-refractivity contribution in [1.82, 2.24) is 0 Å². The molecule has 0 spiro atoms. The number of carbonyl (C=O) groups excluding carboxylic acids is 1. The maximum Gasteiger partial charge on any atom is 1.00 e. The van der Waals surface area contributed by atoms with E-state index < -0.39 is 5.97 Å². The molecule has 0 aromatic heterocycles. The fraction of sp³-hybridized carbons (Fsp3) is 0.929. The van der Waals surface area contributed by atoms with Crippen molar-refractivity contribution in [3.8, 4) is 0 Å². The van der Waals surface area contributed by atoms with Crippen molar-refractivity contribution < 1.29 is 44.6 Å². The number of carboxylic acids is 1. The van der Waals surface area contributed by atoms with Gasteiger partial charge < -0.3 is 20.7 Å². The van der Waals surface area contributed by atoms with Crippen molar-refractivity contribution in [2.24, 2.45) is 5.73 Å². The monoisotopic (exact) mass is 283 g/mol. The van der Waals surface area contributed by atoms with E-state index in [9.17, 15) is 9.90 Å². The molecule has 0 unspecified atom stereocenters. The summed E-state index contributed by atoms with van der Waals surface area (Å²) in [5, 5.41) is 17.8. The normalized spacial score (nSPS) is 9.21. The number of aliphatic carboxylic acids is 1. The Balaban J connectivity index is -0.000000448. The van der Waals surface area contributed by atoms with Crippen LogP contribution in [0.2, 0.25) is 0 Å². The predicted octanol–water partition coefficient (Wildman–Crippen LogP) is -1.40. The van der Waals surface area contributed by atoms with Crippen molar-refractivity contribution in [3.05, 3.63) is 0 Å². The van der Waals surface area contributed by atoms with Crippen molar-refractivity contribution in [2.75, 3.05) is 13.2 Å². The van der Waals surface area contributed by atoms with E-state index in [1.54, 1.807) is 0 Å². The van der Waals surface area contributed by atoms with Crippen LogP contribution in [-0.4, -0.2) is 24.2 Å². The summed E-state index contributed by atoms with van der Waals surface area (Å²) in [6.07, 6.45) is 11.2. The summed E-state index contributed by atoms with van der Waals surface area (Å²) in [5.74, 6) is -0.909. The summed E-state index contributed by atoms with van der Waals surface area (Å²) in [6, 6.07) is 0. The first-order valence-electron chi connectivity index (χ1n) is 7.19. The second kappa shape index (κ2) is 23.5. The van der Waals surface area contributed by atoms with E-state index in [2.05, 4.69) is 6.92 Å². The Morgan fingerprint density at radius 1 is 1.00 bits per heavy atom. The summed E-state index contributed by atoms with van der Waals surface area (Å²) < 4.78 is 0. The summed E-state index contributed by atoms with van der Waals surface area (Å²) in [6.45, 7) is 2.69. The Morgan fingerprint density at radius 3 is 1.68 bits per heavy atom. The van der Waals surface area contributed by atoms with Gasteiger partial charge in [-0.2, -0.15) is 0 Å². The first kappa shape index (κ1) is 24.4. The van der Waals surface area contributed by atoms with Crippen LogP contribution in [0.15, 0.2) is 0 Å². The van der Waals surface area contributed by atoms with E-state index >= 15 is 0 Å². The molecule has 0 aliphatic heterocycles. The van der Waals surface area contributed by atoms with Gasteiger partial charge in [0.05, 0.1) is 6.61 Å². The molecule has 0 aliphatic rings. The zero-order chi connectivity index (χ0) is 14.1. The van der Waals surface area contributed by atoms with Crippen LogP contribution in [0.4, 0.5) is 0 Å². The largest absolute Gasteiger partial charge is 1.00 e. The molecule has 5 heteroatoms. The molecule has 0 saturated carbocycles. The van der Waals surface area contributed by atoms with E-state index in [-0.39, 0.29) is 42.6 Å². The molecule has 4 nitrogen and oxygen atoms in total. The number of rotatable bonds is 11. The van der Waals surface area contributed by atoms with Gasteiger partial charge in [0.2, 0.25) is 0 Å². The van der Waals surface area contributed by atoms with Crippen molar-refractivity contribution in [3.63, 3.8) is 0 Å². The molecule has 0 saturated heterocycles. The third-order valence-electron chi connectivity index (χ3n) is 2.61. The number of nitrogens with two attached hydrogens (primary N) is 1. The summed E-state index contributed by atoms with van der Waals surface area (Å²) >= 11 is 0. The minimum Gasteiger partial charge on any atom is -0.550 e. The van der Waals surface area contributed by atoms with Crippen LogP contribution in [0.3, 0.4) is 0 Å². The first-order chi connectivity index (χ1) is 8.68. The van der Waals surface area contributed by atoms with Crippen LogP contribution in [0.1, 0.15) is 71.1 Å². The maximum atomic E-state index is 10.1. The van der Waals surface area contributed by atoms with Crippen LogP contribution in [0, 0.1) is 0 Å². The summed E-state index contributed by atoms with van der Waals surface area (Å²) in [5.41, 5.74) is 4.78. The van der Waals surface area contributed by atoms with Crippen LogP contribution >= 0.6 is 0 Å². The topological polar surface area (TPSA) is 86.4 Å². The van der Waals surface area contributed by atoms with E-state index in [0.717, 1.165) is 12.8 Å². The summed E-state index contributed by atoms with van der Waals surface area (Å²) in [7, 11) is 0. The molecule has 0 heterocycles. The fourth-order valence-electron chi connectivity index (χ4n) is 1.58. The third kappa shape index (κ3) is 32.2. The Bertz CT molecular complexity index is 167. The quantitative estimate of drug-likeness (QED) is 0.361. The molecule has 0 bridgehead atoms. The predicted molar refractivity (Wildman–Crippen MR) is 73.0 cm³/mol. The Morgan fingerprint density at radius 2 is 1.37 bits per heavy atom. The SMILES string of the molecule is CCCCCCCCCCCC(=O)[O-].NCCO.[Na+].